The van der Waals surface area contributed by atoms with Gasteiger partial charge in [-0.2, -0.15) is 13.2 Å². The van der Waals surface area contributed by atoms with E-state index in [1.807, 2.05) is 0 Å². The van der Waals surface area contributed by atoms with Gasteiger partial charge in [-0.3, -0.25) is 19.6 Å². The van der Waals surface area contributed by atoms with Crippen LogP contribution in [0.15, 0.2) is 30.7 Å². The molecule has 33 heavy (non-hydrogen) atoms. The van der Waals surface area contributed by atoms with Gasteiger partial charge < -0.3 is 5.32 Å². The molecule has 1 N–H and O–H groups in total. The van der Waals surface area contributed by atoms with E-state index in [4.69, 9.17) is 0 Å². The normalized spacial score (nSPS) is 30.3. The Morgan fingerprint density at radius 2 is 1.76 bits per heavy atom. The summed E-state index contributed by atoms with van der Waals surface area (Å²) in [5.74, 6) is -0.707. The summed E-state index contributed by atoms with van der Waals surface area (Å²) in [5.41, 5.74) is -2.28. The second kappa shape index (κ2) is 7.56. The number of alkyl halides is 3. The Morgan fingerprint density at radius 1 is 1.03 bits per heavy atom. The van der Waals surface area contributed by atoms with Gasteiger partial charge in [0.05, 0.1) is 18.6 Å². The Kier molecular flexibility index (Phi) is 5.02. The van der Waals surface area contributed by atoms with Gasteiger partial charge in [-0.1, -0.05) is 0 Å². The fourth-order valence-electron chi connectivity index (χ4n) is 6.69. The number of carbonyl (C=O) groups excluding carboxylic acids is 2. The average Bonchev–Trinajstić information content (AvgIpc) is 2.72. The van der Waals surface area contributed by atoms with Crippen LogP contribution < -0.4 is 5.32 Å². The quantitative estimate of drug-likeness (QED) is 0.527. The molecule has 4 saturated carbocycles. The molecule has 174 valence electrons. The molecule has 0 radical (unpaired) electrons. The van der Waals surface area contributed by atoms with Crippen molar-refractivity contribution in [1.82, 2.24) is 20.3 Å². The predicted octanol–water partition coefficient (Wildman–Crippen LogP) is 4.37. The maximum Gasteiger partial charge on any atom is 0.434 e. The number of nitrogens with one attached hydrogen (secondary N) is 1. The maximum absolute atomic E-state index is 13.2. The molecule has 0 saturated heterocycles. The average molecular weight is 462 g/mol. The SMILES string of the molecule is O=C(CC12CC3CC(C1)CC(NC(=O)c1cncc(C(F)(F)F)n1)(C3)C2)c1ccc(F)cn1. The van der Waals surface area contributed by atoms with Crippen molar-refractivity contribution in [2.45, 2.75) is 56.7 Å². The smallest absolute Gasteiger partial charge is 0.345 e. The summed E-state index contributed by atoms with van der Waals surface area (Å²) in [6, 6.07) is 2.58. The predicted molar refractivity (Wildman–Crippen MR) is 107 cm³/mol. The van der Waals surface area contributed by atoms with Crippen LogP contribution in [-0.4, -0.2) is 32.2 Å². The van der Waals surface area contributed by atoms with E-state index in [2.05, 4.69) is 20.3 Å². The zero-order valence-electron chi connectivity index (χ0n) is 17.7. The number of rotatable bonds is 5. The molecular formula is C23H22F4N4O2. The molecule has 0 spiro atoms. The molecule has 2 heterocycles. The molecular weight excluding hydrogens is 440 g/mol. The highest BCUT2D eigenvalue weighted by Gasteiger charge is 2.58. The minimum Gasteiger partial charge on any atom is -0.345 e. The third-order valence-corrected chi connectivity index (χ3v) is 7.27. The van der Waals surface area contributed by atoms with Crippen LogP contribution in [0.5, 0.6) is 0 Å². The number of carbonyl (C=O) groups is 2. The van der Waals surface area contributed by atoms with Crippen LogP contribution in [0, 0.1) is 23.1 Å². The standard InChI is InChI=1S/C23H22F4N4O2/c24-15-1-2-16(29-9-15)18(32)8-21-4-13-3-14(5-21)7-22(6-13,12-21)31-20(33)17-10-28-11-19(30-17)23(25,26)27/h1-2,9-11,13-14H,3-8,12H2,(H,31,33). The number of halogens is 4. The van der Waals surface area contributed by atoms with Gasteiger partial charge in [0.2, 0.25) is 0 Å². The minimum absolute atomic E-state index is 0.165. The van der Waals surface area contributed by atoms with Crippen LogP contribution in [0.2, 0.25) is 0 Å². The Labute approximate surface area is 187 Å². The zero-order chi connectivity index (χ0) is 23.4. The maximum atomic E-state index is 13.2. The molecule has 6 rings (SSSR count). The summed E-state index contributed by atoms with van der Waals surface area (Å²) in [5, 5.41) is 2.98. The first-order valence-electron chi connectivity index (χ1n) is 10.9. The lowest BCUT2D eigenvalue weighted by Crippen LogP contribution is -2.63. The van der Waals surface area contributed by atoms with E-state index in [1.54, 1.807) is 0 Å². The van der Waals surface area contributed by atoms with Crippen molar-refractivity contribution < 1.29 is 27.2 Å². The molecule has 0 aromatic carbocycles. The summed E-state index contributed by atoms with van der Waals surface area (Å²) in [6.07, 6.45) is 2.96. The van der Waals surface area contributed by atoms with Gasteiger partial charge in [-0.05, 0) is 67.9 Å². The molecule has 4 bridgehead atoms. The van der Waals surface area contributed by atoms with E-state index in [0.29, 0.717) is 24.5 Å². The van der Waals surface area contributed by atoms with Gasteiger partial charge in [0.15, 0.2) is 11.5 Å². The van der Waals surface area contributed by atoms with E-state index in [0.717, 1.165) is 44.5 Å². The van der Waals surface area contributed by atoms with Crippen LogP contribution in [0.25, 0.3) is 0 Å². The highest BCUT2D eigenvalue weighted by Crippen LogP contribution is 2.63. The second-order valence-corrected chi connectivity index (χ2v) is 9.94. The molecule has 2 atom stereocenters. The van der Waals surface area contributed by atoms with Crippen LogP contribution in [0.4, 0.5) is 17.6 Å². The second-order valence-electron chi connectivity index (χ2n) is 9.94. The summed E-state index contributed by atoms with van der Waals surface area (Å²) in [4.78, 5) is 36.7. The summed E-state index contributed by atoms with van der Waals surface area (Å²) in [7, 11) is 0. The Balaban J connectivity index is 1.36. The first kappa shape index (κ1) is 21.9. The molecule has 1 amide bonds. The van der Waals surface area contributed by atoms with Gasteiger partial charge in [-0.25, -0.2) is 9.37 Å². The van der Waals surface area contributed by atoms with Gasteiger partial charge in [0.25, 0.3) is 5.91 Å². The van der Waals surface area contributed by atoms with Gasteiger partial charge >= 0.3 is 6.18 Å². The van der Waals surface area contributed by atoms with Crippen LogP contribution in [0.3, 0.4) is 0 Å². The first-order valence-corrected chi connectivity index (χ1v) is 10.9. The molecule has 0 aliphatic heterocycles. The molecule has 4 fully saturated rings. The topological polar surface area (TPSA) is 84.8 Å². The zero-order valence-corrected chi connectivity index (χ0v) is 17.7. The molecule has 6 nitrogen and oxygen atoms in total. The van der Waals surface area contributed by atoms with Gasteiger partial charge in [-0.15, -0.1) is 0 Å². The van der Waals surface area contributed by atoms with Gasteiger partial charge in [0.1, 0.15) is 17.2 Å². The first-order chi connectivity index (χ1) is 15.5. The lowest BCUT2D eigenvalue weighted by atomic mass is 9.46. The monoisotopic (exact) mass is 462 g/mol. The molecule has 4 aliphatic carbocycles. The number of nitrogens with zero attached hydrogens (tertiary/aromatic N) is 3. The highest BCUT2D eigenvalue weighted by atomic mass is 19.4. The van der Waals surface area contributed by atoms with E-state index >= 15 is 0 Å². The molecule has 2 aromatic rings. The highest BCUT2D eigenvalue weighted by molar-refractivity contribution is 5.95. The Morgan fingerprint density at radius 3 is 2.39 bits per heavy atom. The minimum atomic E-state index is -4.69. The number of hydrogen-bond acceptors (Lipinski definition) is 5. The fourth-order valence-corrected chi connectivity index (χ4v) is 6.69. The third-order valence-electron chi connectivity index (χ3n) is 7.27. The number of amides is 1. The van der Waals surface area contributed by atoms with Crippen molar-refractivity contribution in [3.05, 3.63) is 53.6 Å². The van der Waals surface area contributed by atoms with Crippen molar-refractivity contribution >= 4 is 11.7 Å². The van der Waals surface area contributed by atoms with E-state index in [-0.39, 0.29) is 29.0 Å². The fraction of sp³-hybridized carbons (Fsp3) is 0.522. The summed E-state index contributed by atoms with van der Waals surface area (Å²) in [6.45, 7) is 0. The molecule has 10 heteroatoms. The number of pyridine rings is 1. The van der Waals surface area contributed by atoms with E-state index in [9.17, 15) is 27.2 Å². The van der Waals surface area contributed by atoms with Crippen molar-refractivity contribution in [1.29, 1.82) is 0 Å². The number of aromatic nitrogens is 3. The van der Waals surface area contributed by atoms with Crippen molar-refractivity contribution in [3.8, 4) is 0 Å². The van der Waals surface area contributed by atoms with Crippen LogP contribution in [-0.2, 0) is 6.18 Å². The largest absolute Gasteiger partial charge is 0.434 e. The van der Waals surface area contributed by atoms with Crippen molar-refractivity contribution in [2.24, 2.45) is 17.3 Å². The van der Waals surface area contributed by atoms with Gasteiger partial charge in [0, 0.05) is 12.0 Å². The van der Waals surface area contributed by atoms with Crippen molar-refractivity contribution in [2.75, 3.05) is 0 Å². The number of Topliss-reactive ketones (excluding diaryl/α,β-unsaturated/α-hetero) is 1. The summed E-state index contributed by atoms with van der Waals surface area (Å²) >= 11 is 0. The van der Waals surface area contributed by atoms with Crippen molar-refractivity contribution in [3.63, 3.8) is 0 Å². The van der Waals surface area contributed by atoms with E-state index in [1.165, 1.54) is 12.1 Å². The van der Waals surface area contributed by atoms with Crippen LogP contribution in [0.1, 0.15) is 71.6 Å². The number of hydrogen-bond donors (Lipinski definition) is 1. The molecule has 2 aromatic heterocycles. The molecule has 4 aliphatic rings. The Hall–Kier alpha value is -2.91. The molecule has 2 unspecified atom stereocenters. The van der Waals surface area contributed by atoms with E-state index < -0.39 is 29.1 Å². The lowest BCUT2D eigenvalue weighted by Gasteiger charge is -2.62. The third kappa shape index (κ3) is 4.22. The number of ketones is 1. The summed E-state index contributed by atoms with van der Waals surface area (Å²) < 4.78 is 52.2. The Bertz CT molecular complexity index is 1090. The lowest BCUT2D eigenvalue weighted by molar-refractivity contribution is -0.141. The van der Waals surface area contributed by atoms with Crippen LogP contribution >= 0.6 is 0 Å².